The Bertz CT molecular complexity index is 649. The van der Waals surface area contributed by atoms with Crippen molar-refractivity contribution in [1.82, 2.24) is 0 Å². The Morgan fingerprint density at radius 2 is 1.58 bits per heavy atom. The summed E-state index contributed by atoms with van der Waals surface area (Å²) in [7, 11) is 0. The van der Waals surface area contributed by atoms with Crippen molar-refractivity contribution in [2.75, 3.05) is 0 Å². The van der Waals surface area contributed by atoms with Crippen molar-refractivity contribution in [2.24, 2.45) is 5.73 Å². The van der Waals surface area contributed by atoms with Crippen molar-refractivity contribution < 1.29 is 4.79 Å². The molecule has 0 aromatic heterocycles. The summed E-state index contributed by atoms with van der Waals surface area (Å²) < 4.78 is 0. The van der Waals surface area contributed by atoms with Crippen molar-refractivity contribution in [3.8, 4) is 17.2 Å². The SMILES string of the molecule is N#CC(=Cc1ccc(-c2ccccc2)cc1)C(N)=O. The monoisotopic (exact) mass is 248 g/mol. The summed E-state index contributed by atoms with van der Waals surface area (Å²) in [4.78, 5) is 11.0. The van der Waals surface area contributed by atoms with Gasteiger partial charge in [0, 0.05) is 0 Å². The summed E-state index contributed by atoms with van der Waals surface area (Å²) in [6, 6.07) is 19.3. The van der Waals surface area contributed by atoms with E-state index in [2.05, 4.69) is 0 Å². The molecule has 2 aromatic rings. The van der Waals surface area contributed by atoms with Crippen LogP contribution in [0.25, 0.3) is 17.2 Å². The molecule has 0 fully saturated rings. The van der Waals surface area contributed by atoms with Crippen LogP contribution in [-0.2, 0) is 4.79 Å². The number of nitrogens with zero attached hydrogens (tertiary/aromatic N) is 1. The summed E-state index contributed by atoms with van der Waals surface area (Å²) in [5.41, 5.74) is 8.01. The van der Waals surface area contributed by atoms with Gasteiger partial charge in [-0.15, -0.1) is 0 Å². The van der Waals surface area contributed by atoms with Gasteiger partial charge in [0.2, 0.25) is 0 Å². The van der Waals surface area contributed by atoms with Crippen LogP contribution >= 0.6 is 0 Å². The molecule has 2 N–H and O–H groups in total. The van der Waals surface area contributed by atoms with Gasteiger partial charge in [0.05, 0.1) is 0 Å². The van der Waals surface area contributed by atoms with E-state index in [1.54, 1.807) is 6.07 Å². The number of rotatable bonds is 3. The van der Waals surface area contributed by atoms with Crippen LogP contribution in [0, 0.1) is 11.3 Å². The third kappa shape index (κ3) is 3.08. The Morgan fingerprint density at radius 3 is 2.11 bits per heavy atom. The number of primary amides is 1. The number of benzene rings is 2. The highest BCUT2D eigenvalue weighted by molar-refractivity contribution is 6.00. The predicted molar refractivity (Wildman–Crippen MR) is 74.7 cm³/mol. The van der Waals surface area contributed by atoms with Crippen LogP contribution in [-0.4, -0.2) is 5.91 Å². The lowest BCUT2D eigenvalue weighted by Crippen LogP contribution is -2.12. The maximum atomic E-state index is 11.0. The van der Waals surface area contributed by atoms with E-state index in [1.165, 1.54) is 6.08 Å². The number of carbonyl (C=O) groups is 1. The Hall–Kier alpha value is -2.86. The van der Waals surface area contributed by atoms with Crippen molar-refractivity contribution >= 4 is 12.0 Å². The minimum Gasteiger partial charge on any atom is -0.365 e. The summed E-state index contributed by atoms with van der Waals surface area (Å²) in [6.45, 7) is 0. The summed E-state index contributed by atoms with van der Waals surface area (Å²) in [6.07, 6.45) is 1.48. The number of amides is 1. The maximum Gasteiger partial charge on any atom is 0.259 e. The molecule has 1 amide bonds. The van der Waals surface area contributed by atoms with Crippen LogP contribution in [0.1, 0.15) is 5.56 Å². The average molecular weight is 248 g/mol. The zero-order valence-electron chi connectivity index (χ0n) is 10.2. The first-order valence-electron chi connectivity index (χ1n) is 5.78. The standard InChI is InChI=1S/C16H12N2O/c17-11-15(16(18)19)10-12-6-8-14(9-7-12)13-4-2-1-3-5-13/h1-10H,(H2,18,19). The first-order valence-corrected chi connectivity index (χ1v) is 5.78. The summed E-state index contributed by atoms with van der Waals surface area (Å²) in [5, 5.41) is 8.77. The normalized spacial score (nSPS) is 10.8. The first-order chi connectivity index (χ1) is 9.20. The molecule has 3 heteroatoms. The van der Waals surface area contributed by atoms with E-state index in [9.17, 15) is 4.79 Å². The molecular weight excluding hydrogens is 236 g/mol. The topological polar surface area (TPSA) is 66.9 Å². The molecule has 0 heterocycles. The number of nitrogens with two attached hydrogens (primary N) is 1. The van der Waals surface area contributed by atoms with Crippen LogP contribution in [0.5, 0.6) is 0 Å². The smallest absolute Gasteiger partial charge is 0.259 e. The second kappa shape index (κ2) is 5.65. The Balaban J connectivity index is 2.30. The molecule has 2 aromatic carbocycles. The molecular formula is C16H12N2O. The molecule has 0 aliphatic heterocycles. The molecule has 0 aliphatic carbocycles. The van der Waals surface area contributed by atoms with E-state index < -0.39 is 5.91 Å². The zero-order chi connectivity index (χ0) is 13.7. The highest BCUT2D eigenvalue weighted by Crippen LogP contribution is 2.20. The van der Waals surface area contributed by atoms with Gasteiger partial charge in [0.25, 0.3) is 5.91 Å². The van der Waals surface area contributed by atoms with Gasteiger partial charge in [-0.3, -0.25) is 4.79 Å². The minimum atomic E-state index is -0.713. The van der Waals surface area contributed by atoms with Crippen molar-refractivity contribution in [3.63, 3.8) is 0 Å². The second-order valence-corrected chi connectivity index (χ2v) is 4.02. The van der Waals surface area contributed by atoms with E-state index >= 15 is 0 Å². The average Bonchev–Trinajstić information content (AvgIpc) is 2.46. The zero-order valence-corrected chi connectivity index (χ0v) is 10.2. The molecule has 0 saturated heterocycles. The second-order valence-electron chi connectivity index (χ2n) is 4.02. The van der Waals surface area contributed by atoms with Crippen LogP contribution in [0.4, 0.5) is 0 Å². The van der Waals surface area contributed by atoms with Crippen LogP contribution in [0.3, 0.4) is 0 Å². The summed E-state index contributed by atoms with van der Waals surface area (Å²) >= 11 is 0. The van der Waals surface area contributed by atoms with Crippen molar-refractivity contribution in [2.45, 2.75) is 0 Å². The molecule has 3 nitrogen and oxygen atoms in total. The maximum absolute atomic E-state index is 11.0. The highest BCUT2D eigenvalue weighted by Gasteiger charge is 2.03. The fourth-order valence-electron chi connectivity index (χ4n) is 1.73. The number of hydrogen-bond donors (Lipinski definition) is 1. The van der Waals surface area contributed by atoms with Crippen molar-refractivity contribution in [3.05, 3.63) is 65.7 Å². The lowest BCUT2D eigenvalue weighted by atomic mass is 10.0. The fraction of sp³-hybridized carbons (Fsp3) is 0. The van der Waals surface area contributed by atoms with Crippen LogP contribution in [0.2, 0.25) is 0 Å². The number of carbonyl (C=O) groups excluding carboxylic acids is 1. The molecule has 0 spiro atoms. The Morgan fingerprint density at radius 1 is 1.00 bits per heavy atom. The predicted octanol–water partition coefficient (Wildman–Crippen LogP) is 2.75. The Kier molecular flexibility index (Phi) is 3.75. The molecule has 0 atom stereocenters. The first kappa shape index (κ1) is 12.6. The lowest BCUT2D eigenvalue weighted by Gasteiger charge is -2.02. The van der Waals surface area contributed by atoms with E-state index in [1.807, 2.05) is 54.6 Å². The molecule has 92 valence electrons. The molecule has 0 unspecified atom stereocenters. The largest absolute Gasteiger partial charge is 0.365 e. The van der Waals surface area contributed by atoms with Gasteiger partial charge in [0.1, 0.15) is 11.6 Å². The van der Waals surface area contributed by atoms with Crippen molar-refractivity contribution in [1.29, 1.82) is 5.26 Å². The molecule has 0 aliphatic rings. The highest BCUT2D eigenvalue weighted by atomic mass is 16.1. The molecule has 2 rings (SSSR count). The van der Waals surface area contributed by atoms with Crippen LogP contribution in [0.15, 0.2) is 60.2 Å². The quantitative estimate of drug-likeness (QED) is 0.670. The van der Waals surface area contributed by atoms with Gasteiger partial charge in [-0.25, -0.2) is 0 Å². The molecule has 0 radical (unpaired) electrons. The molecule has 0 saturated carbocycles. The molecule has 19 heavy (non-hydrogen) atoms. The number of hydrogen-bond acceptors (Lipinski definition) is 2. The van der Waals surface area contributed by atoms with Gasteiger partial charge < -0.3 is 5.73 Å². The fourth-order valence-corrected chi connectivity index (χ4v) is 1.73. The van der Waals surface area contributed by atoms with Crippen LogP contribution < -0.4 is 5.73 Å². The lowest BCUT2D eigenvalue weighted by molar-refractivity contribution is -0.114. The van der Waals surface area contributed by atoms with E-state index in [0.717, 1.165) is 16.7 Å². The van der Waals surface area contributed by atoms with E-state index in [4.69, 9.17) is 11.0 Å². The van der Waals surface area contributed by atoms with Gasteiger partial charge in [-0.05, 0) is 22.8 Å². The van der Waals surface area contributed by atoms with Gasteiger partial charge >= 0.3 is 0 Å². The van der Waals surface area contributed by atoms with Gasteiger partial charge in [-0.2, -0.15) is 5.26 Å². The summed E-state index contributed by atoms with van der Waals surface area (Å²) in [5.74, 6) is -0.713. The third-order valence-electron chi connectivity index (χ3n) is 2.71. The Labute approximate surface area is 111 Å². The minimum absolute atomic E-state index is 0.0486. The van der Waals surface area contributed by atoms with Gasteiger partial charge in [-0.1, -0.05) is 54.6 Å². The third-order valence-corrected chi connectivity index (χ3v) is 2.71. The number of nitriles is 1. The molecule has 0 bridgehead atoms. The van der Waals surface area contributed by atoms with Gasteiger partial charge in [0.15, 0.2) is 0 Å². The van der Waals surface area contributed by atoms with E-state index in [-0.39, 0.29) is 5.57 Å². The van der Waals surface area contributed by atoms with E-state index in [0.29, 0.717) is 0 Å².